The summed E-state index contributed by atoms with van der Waals surface area (Å²) in [6, 6.07) is -0.160. The highest BCUT2D eigenvalue weighted by molar-refractivity contribution is 7.91. The number of carbonyl (C=O) groups is 1. The van der Waals surface area contributed by atoms with Crippen molar-refractivity contribution in [1.29, 1.82) is 0 Å². The minimum absolute atomic E-state index is 0.00125. The molecular formula is C13H20N2O3S2. The molecule has 0 unspecified atom stereocenters. The second-order valence-corrected chi connectivity index (χ2v) is 8.67. The van der Waals surface area contributed by atoms with Gasteiger partial charge in [0.05, 0.1) is 28.6 Å². The number of nitrogens with zero attached hydrogens (tertiary/aromatic N) is 2. The van der Waals surface area contributed by atoms with Gasteiger partial charge in [0.15, 0.2) is 9.84 Å². The van der Waals surface area contributed by atoms with Crippen molar-refractivity contribution in [2.75, 3.05) is 18.1 Å². The van der Waals surface area contributed by atoms with Crippen LogP contribution in [0.15, 0.2) is 0 Å². The van der Waals surface area contributed by atoms with Crippen LogP contribution >= 0.6 is 11.3 Å². The zero-order valence-electron chi connectivity index (χ0n) is 12.0. The molecule has 7 heteroatoms. The maximum atomic E-state index is 12.4. The van der Waals surface area contributed by atoms with Crippen molar-refractivity contribution >= 4 is 27.1 Å². The Kier molecular flexibility index (Phi) is 4.49. The van der Waals surface area contributed by atoms with E-state index in [9.17, 15) is 13.2 Å². The molecule has 20 heavy (non-hydrogen) atoms. The van der Waals surface area contributed by atoms with Crippen molar-refractivity contribution in [1.82, 2.24) is 9.88 Å². The Morgan fingerprint density at radius 1 is 1.45 bits per heavy atom. The Balaban J connectivity index is 2.08. The molecule has 1 amide bonds. The van der Waals surface area contributed by atoms with Crippen LogP contribution in [-0.4, -0.2) is 48.3 Å². The number of rotatable bonds is 4. The van der Waals surface area contributed by atoms with Gasteiger partial charge in [0.2, 0.25) is 5.91 Å². The highest BCUT2D eigenvalue weighted by Gasteiger charge is 2.34. The lowest BCUT2D eigenvalue weighted by Crippen LogP contribution is -2.41. The quantitative estimate of drug-likeness (QED) is 0.840. The van der Waals surface area contributed by atoms with Crippen LogP contribution in [0.3, 0.4) is 0 Å². The number of aromatic nitrogens is 1. The van der Waals surface area contributed by atoms with Gasteiger partial charge in [-0.05, 0) is 27.2 Å². The molecule has 112 valence electrons. The molecule has 1 aromatic heterocycles. The van der Waals surface area contributed by atoms with Gasteiger partial charge in [-0.3, -0.25) is 4.79 Å². The number of sulfone groups is 1. The van der Waals surface area contributed by atoms with Gasteiger partial charge in [-0.25, -0.2) is 13.4 Å². The first-order valence-corrected chi connectivity index (χ1v) is 9.39. The number of hydrogen-bond acceptors (Lipinski definition) is 5. The van der Waals surface area contributed by atoms with E-state index in [1.807, 2.05) is 20.8 Å². The van der Waals surface area contributed by atoms with Crippen LogP contribution in [-0.2, 0) is 21.1 Å². The fraction of sp³-hybridized carbons (Fsp3) is 0.692. The van der Waals surface area contributed by atoms with Gasteiger partial charge in [-0.2, -0.15) is 0 Å². The zero-order valence-corrected chi connectivity index (χ0v) is 13.7. The third kappa shape index (κ3) is 3.38. The van der Waals surface area contributed by atoms with Crippen LogP contribution in [0.1, 0.15) is 28.9 Å². The normalized spacial score (nSPS) is 21.1. The number of amides is 1. The summed E-state index contributed by atoms with van der Waals surface area (Å²) in [6.45, 7) is 6.28. The summed E-state index contributed by atoms with van der Waals surface area (Å²) >= 11 is 1.54. The largest absolute Gasteiger partial charge is 0.339 e. The molecule has 0 aliphatic carbocycles. The molecule has 1 aromatic rings. The molecule has 0 radical (unpaired) electrons. The van der Waals surface area contributed by atoms with E-state index in [0.717, 1.165) is 15.6 Å². The van der Waals surface area contributed by atoms with Crippen LogP contribution in [0, 0.1) is 13.8 Å². The second kappa shape index (κ2) is 5.81. The molecular weight excluding hydrogens is 296 g/mol. The molecule has 0 bridgehead atoms. The average Bonchev–Trinajstić information content (AvgIpc) is 2.83. The van der Waals surface area contributed by atoms with Gasteiger partial charge >= 0.3 is 0 Å². The number of hydrogen-bond donors (Lipinski definition) is 0. The fourth-order valence-corrected chi connectivity index (χ4v) is 5.29. The molecule has 5 nitrogen and oxygen atoms in total. The van der Waals surface area contributed by atoms with E-state index in [-0.39, 0.29) is 23.5 Å². The summed E-state index contributed by atoms with van der Waals surface area (Å²) in [5.41, 5.74) is 0.899. The summed E-state index contributed by atoms with van der Waals surface area (Å²) < 4.78 is 23.1. The first-order valence-electron chi connectivity index (χ1n) is 6.75. The van der Waals surface area contributed by atoms with Gasteiger partial charge < -0.3 is 4.90 Å². The molecule has 0 saturated carbocycles. The topological polar surface area (TPSA) is 67.3 Å². The summed E-state index contributed by atoms with van der Waals surface area (Å²) in [4.78, 5) is 19.4. The highest BCUT2D eigenvalue weighted by Crippen LogP contribution is 2.22. The Bertz CT molecular complexity index is 607. The lowest BCUT2D eigenvalue weighted by atomic mass is 10.2. The smallest absolute Gasteiger partial charge is 0.228 e. The monoisotopic (exact) mass is 316 g/mol. The lowest BCUT2D eigenvalue weighted by Gasteiger charge is -2.26. The van der Waals surface area contributed by atoms with E-state index >= 15 is 0 Å². The van der Waals surface area contributed by atoms with E-state index in [4.69, 9.17) is 0 Å². The van der Waals surface area contributed by atoms with Gasteiger partial charge in [-0.1, -0.05) is 0 Å². The second-order valence-electron chi connectivity index (χ2n) is 5.15. The van der Waals surface area contributed by atoms with Crippen molar-refractivity contribution < 1.29 is 13.2 Å². The zero-order chi connectivity index (χ0) is 14.9. The van der Waals surface area contributed by atoms with Gasteiger partial charge in [0, 0.05) is 17.5 Å². The molecule has 1 aliphatic rings. The summed E-state index contributed by atoms with van der Waals surface area (Å²) in [5.74, 6) is 0.300. The molecule has 1 atom stereocenters. The number of thiazole rings is 1. The van der Waals surface area contributed by atoms with Crippen LogP contribution in [0.25, 0.3) is 0 Å². The van der Waals surface area contributed by atoms with E-state index in [1.165, 1.54) is 11.3 Å². The Morgan fingerprint density at radius 3 is 2.60 bits per heavy atom. The predicted molar refractivity (Wildman–Crippen MR) is 79.7 cm³/mol. The third-order valence-electron chi connectivity index (χ3n) is 3.62. The lowest BCUT2D eigenvalue weighted by molar-refractivity contribution is -0.132. The minimum Gasteiger partial charge on any atom is -0.339 e. The molecule has 1 saturated heterocycles. The highest BCUT2D eigenvalue weighted by atomic mass is 32.2. The summed E-state index contributed by atoms with van der Waals surface area (Å²) in [5, 5.41) is 0.955. The van der Waals surface area contributed by atoms with Crippen LogP contribution < -0.4 is 0 Å². The Labute approximate surface area is 123 Å². The van der Waals surface area contributed by atoms with E-state index in [1.54, 1.807) is 4.90 Å². The van der Waals surface area contributed by atoms with E-state index < -0.39 is 9.84 Å². The standard InChI is InChI=1S/C13H20N2O3S2/c1-4-15(11-5-6-20(17,18)8-11)13(16)7-12-9(2)14-10(3)19-12/h11H,4-8H2,1-3H3/t11-/m0/s1. The minimum atomic E-state index is -2.96. The van der Waals surface area contributed by atoms with Gasteiger partial charge in [0.1, 0.15) is 0 Å². The third-order valence-corrected chi connectivity index (χ3v) is 6.44. The Hall–Kier alpha value is -0.950. The van der Waals surface area contributed by atoms with Crippen molar-refractivity contribution in [3.63, 3.8) is 0 Å². The first kappa shape index (κ1) is 15.4. The van der Waals surface area contributed by atoms with E-state index in [2.05, 4.69) is 4.98 Å². The van der Waals surface area contributed by atoms with Gasteiger partial charge in [0.25, 0.3) is 0 Å². The molecule has 1 aliphatic heterocycles. The van der Waals surface area contributed by atoms with Crippen LogP contribution in [0.5, 0.6) is 0 Å². The van der Waals surface area contributed by atoms with Gasteiger partial charge in [-0.15, -0.1) is 11.3 Å². The maximum absolute atomic E-state index is 12.4. The Morgan fingerprint density at radius 2 is 2.15 bits per heavy atom. The summed E-state index contributed by atoms with van der Waals surface area (Å²) in [7, 11) is -2.96. The molecule has 2 rings (SSSR count). The van der Waals surface area contributed by atoms with Crippen molar-refractivity contribution in [2.45, 2.75) is 39.7 Å². The fourth-order valence-electron chi connectivity index (χ4n) is 2.64. The number of carbonyl (C=O) groups excluding carboxylic acids is 1. The van der Waals surface area contributed by atoms with Crippen molar-refractivity contribution in [3.05, 3.63) is 15.6 Å². The number of aryl methyl sites for hydroxylation is 2. The van der Waals surface area contributed by atoms with E-state index in [0.29, 0.717) is 19.4 Å². The van der Waals surface area contributed by atoms with Crippen LogP contribution in [0.4, 0.5) is 0 Å². The molecule has 0 aromatic carbocycles. The predicted octanol–water partition coefficient (Wildman–Crippen LogP) is 1.34. The van der Waals surface area contributed by atoms with Crippen LogP contribution in [0.2, 0.25) is 0 Å². The molecule has 2 heterocycles. The molecule has 0 spiro atoms. The summed E-state index contributed by atoms with van der Waals surface area (Å²) in [6.07, 6.45) is 0.879. The molecule has 1 fully saturated rings. The number of likely N-dealkylation sites (N-methyl/N-ethyl adjacent to an activating group) is 1. The van der Waals surface area contributed by atoms with Crippen molar-refractivity contribution in [2.24, 2.45) is 0 Å². The maximum Gasteiger partial charge on any atom is 0.228 e. The SMILES string of the molecule is CCN(C(=O)Cc1sc(C)nc1C)[C@H]1CCS(=O)(=O)C1. The van der Waals surface area contributed by atoms with Crippen molar-refractivity contribution in [3.8, 4) is 0 Å². The molecule has 0 N–H and O–H groups in total. The average molecular weight is 316 g/mol. The first-order chi connectivity index (χ1) is 9.32.